The molecule has 2 unspecified atom stereocenters. The molecule has 7 heteroatoms. The molecule has 0 aliphatic heterocycles. The van der Waals surface area contributed by atoms with Gasteiger partial charge in [-0.15, -0.1) is 0 Å². The van der Waals surface area contributed by atoms with Gasteiger partial charge in [0.2, 0.25) is 5.91 Å². The summed E-state index contributed by atoms with van der Waals surface area (Å²) in [5.74, 6) is -0.935. The average Bonchev–Trinajstić information content (AvgIpc) is 2.89. The molecule has 0 radical (unpaired) electrons. The standard InChI is InChI=1S/C34H45N3O4/c1-10-34(8,9)37(31(39)28(22(2)3)36-32(40)41-33(5,6)7)29(27-18-14-11-15-23(27)4)30(38)35-26-20-19-24-16-12-13-17-25(24)21-26/h11-22,28-29H,10H2,1-9H3,(H,35,38)(H,36,40). The van der Waals surface area contributed by atoms with Crippen LogP contribution in [0.25, 0.3) is 10.8 Å². The minimum Gasteiger partial charge on any atom is -0.444 e. The molecule has 0 aliphatic carbocycles. The Bertz CT molecular complexity index is 1390. The van der Waals surface area contributed by atoms with E-state index in [-0.39, 0.29) is 17.7 Å². The zero-order valence-corrected chi connectivity index (χ0v) is 25.9. The molecule has 2 N–H and O–H groups in total. The number of anilines is 1. The number of ether oxygens (including phenoxy) is 1. The highest BCUT2D eigenvalue weighted by molar-refractivity contribution is 6.01. The van der Waals surface area contributed by atoms with Gasteiger partial charge >= 0.3 is 6.09 Å². The molecule has 0 aromatic heterocycles. The van der Waals surface area contributed by atoms with Crippen molar-refractivity contribution in [3.8, 4) is 0 Å². The predicted octanol–water partition coefficient (Wildman–Crippen LogP) is 7.39. The second-order valence-electron chi connectivity index (χ2n) is 12.6. The summed E-state index contributed by atoms with van der Waals surface area (Å²) < 4.78 is 5.49. The molecule has 0 bridgehead atoms. The topological polar surface area (TPSA) is 87.7 Å². The van der Waals surface area contributed by atoms with Crippen LogP contribution in [-0.2, 0) is 14.3 Å². The van der Waals surface area contributed by atoms with Gasteiger partial charge in [-0.3, -0.25) is 9.59 Å². The van der Waals surface area contributed by atoms with Crippen LogP contribution in [0.1, 0.15) is 79.0 Å². The molecular formula is C34H45N3O4. The van der Waals surface area contributed by atoms with Crippen LogP contribution in [0.3, 0.4) is 0 Å². The van der Waals surface area contributed by atoms with Gasteiger partial charge in [-0.2, -0.15) is 0 Å². The SMILES string of the molecule is CCC(C)(C)N(C(=O)C(NC(=O)OC(C)(C)C)C(C)C)C(C(=O)Nc1ccc2ccccc2c1)c1ccccc1C. The lowest BCUT2D eigenvalue weighted by atomic mass is 9.89. The van der Waals surface area contributed by atoms with Crippen molar-refractivity contribution in [2.75, 3.05) is 5.32 Å². The number of rotatable bonds is 9. The molecule has 3 rings (SSSR count). The number of hydrogen-bond donors (Lipinski definition) is 2. The molecule has 2 atom stereocenters. The normalized spacial score (nSPS) is 13.4. The summed E-state index contributed by atoms with van der Waals surface area (Å²) in [4.78, 5) is 43.3. The van der Waals surface area contributed by atoms with Crippen LogP contribution in [0.5, 0.6) is 0 Å². The van der Waals surface area contributed by atoms with E-state index in [1.807, 2.05) is 108 Å². The number of nitrogens with one attached hydrogen (secondary N) is 2. The van der Waals surface area contributed by atoms with E-state index in [1.165, 1.54) is 0 Å². The van der Waals surface area contributed by atoms with Crippen molar-refractivity contribution in [3.05, 3.63) is 77.9 Å². The number of fused-ring (bicyclic) bond motifs is 1. The molecule has 0 heterocycles. The molecule has 7 nitrogen and oxygen atoms in total. The minimum atomic E-state index is -0.952. The first-order chi connectivity index (χ1) is 19.1. The number of hydrogen-bond acceptors (Lipinski definition) is 4. The van der Waals surface area contributed by atoms with Crippen LogP contribution < -0.4 is 10.6 Å². The number of alkyl carbamates (subject to hydrolysis) is 1. The zero-order chi connectivity index (χ0) is 30.5. The van der Waals surface area contributed by atoms with E-state index in [0.717, 1.165) is 21.9 Å². The van der Waals surface area contributed by atoms with E-state index in [9.17, 15) is 14.4 Å². The maximum atomic E-state index is 14.5. The van der Waals surface area contributed by atoms with Crippen molar-refractivity contribution in [2.45, 2.75) is 92.0 Å². The fourth-order valence-corrected chi connectivity index (χ4v) is 4.81. The Morgan fingerprint density at radius 2 is 1.49 bits per heavy atom. The monoisotopic (exact) mass is 559 g/mol. The van der Waals surface area contributed by atoms with E-state index in [1.54, 1.807) is 25.7 Å². The predicted molar refractivity (Wildman–Crippen MR) is 166 cm³/mol. The molecule has 3 amide bonds. The summed E-state index contributed by atoms with van der Waals surface area (Å²) in [5, 5.41) is 7.95. The minimum absolute atomic E-state index is 0.258. The van der Waals surface area contributed by atoms with Gasteiger partial charge in [0.1, 0.15) is 17.7 Å². The summed E-state index contributed by atoms with van der Waals surface area (Å²) in [6.45, 7) is 16.9. The van der Waals surface area contributed by atoms with Crippen molar-refractivity contribution in [1.29, 1.82) is 0 Å². The van der Waals surface area contributed by atoms with E-state index in [2.05, 4.69) is 10.6 Å². The molecular weight excluding hydrogens is 514 g/mol. The fraction of sp³-hybridized carbons (Fsp3) is 0.441. The van der Waals surface area contributed by atoms with E-state index >= 15 is 0 Å². The maximum absolute atomic E-state index is 14.5. The van der Waals surface area contributed by atoms with E-state index < -0.39 is 29.3 Å². The van der Waals surface area contributed by atoms with Crippen molar-refractivity contribution in [2.24, 2.45) is 5.92 Å². The second-order valence-corrected chi connectivity index (χ2v) is 12.6. The quantitative estimate of drug-likeness (QED) is 0.286. The van der Waals surface area contributed by atoms with Gasteiger partial charge in [0, 0.05) is 11.2 Å². The number of nitrogens with zero attached hydrogens (tertiary/aromatic N) is 1. The molecule has 0 fully saturated rings. The number of aryl methyl sites for hydroxylation is 1. The van der Waals surface area contributed by atoms with Crippen LogP contribution in [0.2, 0.25) is 0 Å². The maximum Gasteiger partial charge on any atom is 0.408 e. The van der Waals surface area contributed by atoms with Gasteiger partial charge in [0.25, 0.3) is 5.91 Å². The smallest absolute Gasteiger partial charge is 0.408 e. The Morgan fingerprint density at radius 3 is 2.07 bits per heavy atom. The third-order valence-corrected chi connectivity index (χ3v) is 7.37. The summed E-state index contributed by atoms with van der Waals surface area (Å²) in [7, 11) is 0. The highest BCUT2D eigenvalue weighted by atomic mass is 16.6. The molecule has 0 aliphatic rings. The van der Waals surface area contributed by atoms with Crippen LogP contribution >= 0.6 is 0 Å². The number of benzene rings is 3. The lowest BCUT2D eigenvalue weighted by Gasteiger charge is -2.45. The highest BCUT2D eigenvalue weighted by Gasteiger charge is 2.44. The van der Waals surface area contributed by atoms with E-state index in [4.69, 9.17) is 4.74 Å². The highest BCUT2D eigenvalue weighted by Crippen LogP contribution is 2.35. The van der Waals surface area contributed by atoms with Crippen molar-refractivity contribution in [1.82, 2.24) is 10.2 Å². The lowest BCUT2D eigenvalue weighted by Crippen LogP contribution is -2.60. The number of amides is 3. The first-order valence-electron chi connectivity index (χ1n) is 14.3. The summed E-state index contributed by atoms with van der Waals surface area (Å²) >= 11 is 0. The summed E-state index contributed by atoms with van der Waals surface area (Å²) in [6, 6.07) is 19.5. The van der Waals surface area contributed by atoms with E-state index in [0.29, 0.717) is 12.1 Å². The molecule has 3 aromatic rings. The Morgan fingerprint density at radius 1 is 0.878 bits per heavy atom. The first kappa shape index (κ1) is 31.7. The third kappa shape index (κ3) is 7.87. The van der Waals surface area contributed by atoms with Crippen LogP contribution in [0.4, 0.5) is 10.5 Å². The Hall–Kier alpha value is -3.87. The average molecular weight is 560 g/mol. The number of carbonyl (C=O) groups is 3. The van der Waals surface area contributed by atoms with Gasteiger partial charge < -0.3 is 20.3 Å². The van der Waals surface area contributed by atoms with Gasteiger partial charge in [0.15, 0.2) is 0 Å². The molecule has 41 heavy (non-hydrogen) atoms. The second kappa shape index (κ2) is 12.8. The largest absolute Gasteiger partial charge is 0.444 e. The Kier molecular flexibility index (Phi) is 9.85. The third-order valence-electron chi connectivity index (χ3n) is 7.37. The first-order valence-corrected chi connectivity index (χ1v) is 14.3. The van der Waals surface area contributed by atoms with Gasteiger partial charge in [0.05, 0.1) is 0 Å². The summed E-state index contributed by atoms with van der Waals surface area (Å²) in [6.07, 6.45) is -0.0893. The molecule has 0 saturated heterocycles. The zero-order valence-electron chi connectivity index (χ0n) is 25.9. The molecule has 0 saturated carbocycles. The van der Waals surface area contributed by atoms with Crippen LogP contribution in [0, 0.1) is 12.8 Å². The van der Waals surface area contributed by atoms with Crippen LogP contribution in [-0.4, -0.2) is 40.0 Å². The van der Waals surface area contributed by atoms with Crippen molar-refractivity contribution in [3.63, 3.8) is 0 Å². The fourth-order valence-electron chi connectivity index (χ4n) is 4.81. The Balaban J connectivity index is 2.11. The van der Waals surface area contributed by atoms with Crippen molar-refractivity contribution < 1.29 is 19.1 Å². The lowest BCUT2D eigenvalue weighted by molar-refractivity contribution is -0.148. The van der Waals surface area contributed by atoms with Crippen molar-refractivity contribution >= 4 is 34.4 Å². The van der Waals surface area contributed by atoms with Gasteiger partial charge in [-0.05, 0) is 87.9 Å². The molecule has 0 spiro atoms. The Labute approximate surface area is 244 Å². The molecule has 220 valence electrons. The van der Waals surface area contributed by atoms with Gasteiger partial charge in [-0.25, -0.2) is 4.79 Å². The van der Waals surface area contributed by atoms with Crippen LogP contribution in [0.15, 0.2) is 66.7 Å². The summed E-state index contributed by atoms with van der Waals surface area (Å²) in [5.41, 5.74) is 0.798. The van der Waals surface area contributed by atoms with Gasteiger partial charge in [-0.1, -0.05) is 75.4 Å². The molecule has 3 aromatic carbocycles. The number of carbonyl (C=O) groups excluding carboxylic acids is 3.